The molecule has 22 heavy (non-hydrogen) atoms. The first-order chi connectivity index (χ1) is 10.7. The molecule has 0 aliphatic heterocycles. The Balaban J connectivity index is 2.37. The van der Waals surface area contributed by atoms with E-state index >= 15 is 0 Å². The summed E-state index contributed by atoms with van der Waals surface area (Å²) in [5.41, 5.74) is 2.48. The maximum Gasteiger partial charge on any atom is 0.279 e. The zero-order chi connectivity index (χ0) is 15.9. The highest BCUT2D eigenvalue weighted by molar-refractivity contribution is 5.83. The van der Waals surface area contributed by atoms with Crippen LogP contribution in [-0.2, 0) is 0 Å². The Hall–Kier alpha value is -3.55. The van der Waals surface area contributed by atoms with Crippen LogP contribution < -0.4 is 4.90 Å². The number of benzene rings is 2. The van der Waals surface area contributed by atoms with Crippen LogP contribution in [-0.4, -0.2) is 7.05 Å². The van der Waals surface area contributed by atoms with Gasteiger partial charge in [-0.05, 0) is 29.8 Å². The fraction of sp³-hybridized carbons (Fsp3) is 0.0556. The van der Waals surface area contributed by atoms with Gasteiger partial charge in [0.2, 0.25) is 0 Å². The van der Waals surface area contributed by atoms with E-state index in [1.165, 1.54) is 0 Å². The van der Waals surface area contributed by atoms with Crippen LogP contribution >= 0.6 is 0 Å². The summed E-state index contributed by atoms with van der Waals surface area (Å²) in [6.45, 7) is 6.95. The Morgan fingerprint density at radius 3 is 2.05 bits per heavy atom. The number of nitrogens with zero attached hydrogens (tertiary/aromatic N) is 4. The lowest BCUT2D eigenvalue weighted by Crippen LogP contribution is -2.08. The third-order valence-electron chi connectivity index (χ3n) is 3.25. The Bertz CT molecular complexity index is 797. The van der Waals surface area contributed by atoms with Gasteiger partial charge in [-0.2, -0.15) is 5.26 Å². The van der Waals surface area contributed by atoms with E-state index in [1.54, 1.807) is 18.2 Å². The van der Waals surface area contributed by atoms with Gasteiger partial charge < -0.3 is 4.90 Å². The molecule has 104 valence electrons. The molecule has 0 heterocycles. The van der Waals surface area contributed by atoms with Gasteiger partial charge >= 0.3 is 0 Å². The molecule has 2 aromatic rings. The summed E-state index contributed by atoms with van der Waals surface area (Å²) in [5, 5.41) is 18.1. The standard InChI is InChI=1S/C18H12N4/c1-21-18(13-20)17(12-19)14-8-10-16(11-9-14)22(2)15-6-4-3-5-7-15/h3-11H,2H3/b18-17-. The largest absolute Gasteiger partial charge is 0.345 e. The van der Waals surface area contributed by atoms with Crippen molar-refractivity contribution in [2.45, 2.75) is 0 Å². The van der Waals surface area contributed by atoms with Crippen LogP contribution in [0.25, 0.3) is 10.4 Å². The van der Waals surface area contributed by atoms with Crippen LogP contribution in [0.5, 0.6) is 0 Å². The van der Waals surface area contributed by atoms with Gasteiger partial charge in [0.15, 0.2) is 0 Å². The van der Waals surface area contributed by atoms with E-state index < -0.39 is 0 Å². The van der Waals surface area contributed by atoms with Crippen molar-refractivity contribution in [3.63, 3.8) is 0 Å². The van der Waals surface area contributed by atoms with Gasteiger partial charge in [0.25, 0.3) is 5.70 Å². The van der Waals surface area contributed by atoms with Crippen molar-refractivity contribution in [3.05, 3.63) is 77.3 Å². The van der Waals surface area contributed by atoms with Gasteiger partial charge in [-0.1, -0.05) is 30.3 Å². The second kappa shape index (κ2) is 6.75. The maximum atomic E-state index is 9.16. The topological polar surface area (TPSA) is 55.2 Å². The molecule has 2 aromatic carbocycles. The van der Waals surface area contributed by atoms with Crippen molar-refractivity contribution in [1.82, 2.24) is 0 Å². The first-order valence-electron chi connectivity index (χ1n) is 6.52. The van der Waals surface area contributed by atoms with Gasteiger partial charge in [0, 0.05) is 18.4 Å². The van der Waals surface area contributed by atoms with E-state index in [4.69, 9.17) is 17.1 Å². The molecule has 0 N–H and O–H groups in total. The van der Waals surface area contributed by atoms with E-state index in [9.17, 15) is 0 Å². The molecule has 0 radical (unpaired) electrons. The average Bonchev–Trinajstić information content (AvgIpc) is 2.60. The molecule has 2 rings (SSSR count). The van der Waals surface area contributed by atoms with Crippen LogP contribution in [0.4, 0.5) is 11.4 Å². The number of para-hydroxylation sites is 1. The first-order valence-corrected chi connectivity index (χ1v) is 6.52. The SMILES string of the molecule is [C-]#[N+]/C(C#N)=C(/C#N)c1ccc(N(C)c2ccccc2)cc1. The summed E-state index contributed by atoms with van der Waals surface area (Å²) in [6.07, 6.45) is 0. The number of nitriles is 2. The lowest BCUT2D eigenvalue weighted by atomic mass is 10.0. The third kappa shape index (κ3) is 2.96. The molecule has 0 unspecified atom stereocenters. The normalized spacial score (nSPS) is 10.6. The average molecular weight is 284 g/mol. The number of hydrogen-bond acceptors (Lipinski definition) is 3. The minimum absolute atomic E-state index is 0.103. The highest BCUT2D eigenvalue weighted by Gasteiger charge is 2.10. The second-order valence-corrected chi connectivity index (χ2v) is 4.50. The molecule has 0 aromatic heterocycles. The Morgan fingerprint density at radius 2 is 1.55 bits per heavy atom. The van der Waals surface area contributed by atoms with Crippen molar-refractivity contribution in [1.29, 1.82) is 10.5 Å². The van der Waals surface area contributed by atoms with Crippen LogP contribution in [0.15, 0.2) is 60.3 Å². The summed E-state index contributed by atoms with van der Waals surface area (Å²) in [6, 6.07) is 20.8. The highest BCUT2D eigenvalue weighted by Crippen LogP contribution is 2.26. The molecule has 0 saturated heterocycles. The molecule has 0 bridgehead atoms. The smallest absolute Gasteiger partial charge is 0.279 e. The van der Waals surface area contributed by atoms with Gasteiger partial charge in [-0.3, -0.25) is 0 Å². The van der Waals surface area contributed by atoms with Crippen LogP contribution in [0.1, 0.15) is 5.56 Å². The molecular formula is C18H12N4. The molecule has 0 atom stereocenters. The van der Waals surface area contributed by atoms with Gasteiger partial charge in [0.05, 0.1) is 24.3 Å². The molecule has 0 aliphatic rings. The summed E-state index contributed by atoms with van der Waals surface area (Å²) in [7, 11) is 1.95. The monoisotopic (exact) mass is 284 g/mol. The van der Waals surface area contributed by atoms with E-state index in [0.717, 1.165) is 11.4 Å². The third-order valence-corrected chi connectivity index (χ3v) is 3.25. The Labute approximate surface area is 129 Å². The van der Waals surface area contributed by atoms with Gasteiger partial charge in [-0.25, -0.2) is 10.1 Å². The lowest BCUT2D eigenvalue weighted by molar-refractivity contribution is 1.21. The van der Waals surface area contributed by atoms with E-state index in [-0.39, 0.29) is 11.3 Å². The van der Waals surface area contributed by atoms with Crippen LogP contribution in [0, 0.1) is 29.2 Å². The maximum absolute atomic E-state index is 9.16. The molecule has 0 fully saturated rings. The summed E-state index contributed by atoms with van der Waals surface area (Å²) in [4.78, 5) is 5.11. The molecule has 4 heteroatoms. The van der Waals surface area contributed by atoms with E-state index in [1.807, 2.05) is 60.5 Å². The Morgan fingerprint density at radius 1 is 0.955 bits per heavy atom. The lowest BCUT2D eigenvalue weighted by Gasteiger charge is -2.19. The zero-order valence-electron chi connectivity index (χ0n) is 12.0. The van der Waals surface area contributed by atoms with Gasteiger partial charge in [-0.15, -0.1) is 0 Å². The van der Waals surface area contributed by atoms with Crippen molar-refractivity contribution in [3.8, 4) is 12.1 Å². The summed E-state index contributed by atoms with van der Waals surface area (Å²) >= 11 is 0. The molecule has 0 amide bonds. The number of anilines is 2. The first kappa shape index (κ1) is 14.9. The predicted molar refractivity (Wildman–Crippen MR) is 85.7 cm³/mol. The van der Waals surface area contributed by atoms with Crippen molar-refractivity contribution in [2.24, 2.45) is 0 Å². The minimum Gasteiger partial charge on any atom is -0.345 e. The number of rotatable bonds is 3. The molecule has 4 nitrogen and oxygen atoms in total. The van der Waals surface area contributed by atoms with Crippen molar-refractivity contribution in [2.75, 3.05) is 11.9 Å². The van der Waals surface area contributed by atoms with Crippen LogP contribution in [0.3, 0.4) is 0 Å². The zero-order valence-corrected chi connectivity index (χ0v) is 12.0. The molecular weight excluding hydrogens is 272 g/mol. The summed E-state index contributed by atoms with van der Waals surface area (Å²) in [5.74, 6) is 0. The number of allylic oxidation sites excluding steroid dienone is 2. The molecule has 0 saturated carbocycles. The second-order valence-electron chi connectivity index (χ2n) is 4.50. The molecule has 0 spiro atoms. The highest BCUT2D eigenvalue weighted by atomic mass is 15.1. The Kier molecular flexibility index (Phi) is 4.56. The van der Waals surface area contributed by atoms with E-state index in [0.29, 0.717) is 5.56 Å². The number of hydrogen-bond donors (Lipinski definition) is 0. The fourth-order valence-corrected chi connectivity index (χ4v) is 2.04. The van der Waals surface area contributed by atoms with Gasteiger partial charge in [0.1, 0.15) is 0 Å². The quantitative estimate of drug-likeness (QED) is 0.629. The van der Waals surface area contributed by atoms with E-state index in [2.05, 4.69) is 4.85 Å². The fourth-order valence-electron chi connectivity index (χ4n) is 2.04. The van der Waals surface area contributed by atoms with Crippen LogP contribution in [0.2, 0.25) is 0 Å². The predicted octanol–water partition coefficient (Wildman–Crippen LogP) is 4.13. The summed E-state index contributed by atoms with van der Waals surface area (Å²) < 4.78 is 0. The van der Waals surface area contributed by atoms with Crippen molar-refractivity contribution >= 4 is 16.9 Å². The molecule has 0 aliphatic carbocycles. The van der Waals surface area contributed by atoms with Crippen molar-refractivity contribution < 1.29 is 0 Å². The minimum atomic E-state index is -0.188.